The average Bonchev–Trinajstić information content (AvgIpc) is 2.49. The Labute approximate surface area is 130 Å². The highest BCUT2D eigenvalue weighted by Gasteiger charge is 2.18. The van der Waals surface area contributed by atoms with Crippen molar-refractivity contribution < 1.29 is 9.18 Å². The molecule has 4 heteroatoms. The fourth-order valence-electron chi connectivity index (χ4n) is 2.30. The third-order valence-electron chi connectivity index (χ3n) is 3.59. The lowest BCUT2D eigenvalue weighted by Gasteiger charge is -2.18. The van der Waals surface area contributed by atoms with Crippen LogP contribution < -0.4 is 11.1 Å². The number of nitrogens with one attached hydrogen (secondary N) is 1. The zero-order valence-corrected chi connectivity index (χ0v) is 12.8. The first-order valence-electron chi connectivity index (χ1n) is 7.33. The number of hydrogen-bond donors (Lipinski definition) is 2. The normalized spacial score (nSPS) is 13.5. The maximum absolute atomic E-state index is 13.6. The van der Waals surface area contributed by atoms with Gasteiger partial charge in [-0.3, -0.25) is 4.79 Å². The summed E-state index contributed by atoms with van der Waals surface area (Å²) in [6.45, 7) is 3.82. The van der Waals surface area contributed by atoms with Gasteiger partial charge in [0.1, 0.15) is 11.9 Å². The van der Waals surface area contributed by atoms with Crippen LogP contribution >= 0.6 is 0 Å². The van der Waals surface area contributed by atoms with Crippen molar-refractivity contribution in [2.75, 3.05) is 0 Å². The van der Waals surface area contributed by atoms with Gasteiger partial charge in [0.05, 0.1) is 0 Å². The number of benzene rings is 2. The summed E-state index contributed by atoms with van der Waals surface area (Å²) in [5.41, 5.74) is 8.44. The van der Waals surface area contributed by atoms with Crippen LogP contribution in [0.5, 0.6) is 0 Å². The predicted molar refractivity (Wildman–Crippen MR) is 85.8 cm³/mol. The quantitative estimate of drug-likeness (QED) is 0.892. The van der Waals surface area contributed by atoms with Gasteiger partial charge in [0, 0.05) is 6.04 Å². The molecule has 0 bridgehead atoms. The highest BCUT2D eigenvalue weighted by atomic mass is 19.1. The first-order chi connectivity index (χ1) is 10.5. The largest absolute Gasteiger partial charge is 0.352 e. The molecule has 0 aliphatic rings. The number of aryl methyl sites for hydroxylation is 1. The lowest BCUT2D eigenvalue weighted by atomic mass is 10.0. The standard InChI is InChI=1S/C18H21FN2O/c1-12-7-9-14(10-8-12)17(20)18(22)21-13(2)11-15-5-3-4-6-16(15)19/h3-10,13,17H,11,20H2,1-2H3,(H,21,22). The molecule has 1 amide bonds. The van der Waals surface area contributed by atoms with E-state index in [1.807, 2.05) is 38.1 Å². The van der Waals surface area contributed by atoms with Gasteiger partial charge in [-0.15, -0.1) is 0 Å². The Morgan fingerprint density at radius 1 is 1.18 bits per heavy atom. The van der Waals surface area contributed by atoms with Crippen LogP contribution in [0.1, 0.15) is 29.7 Å². The van der Waals surface area contributed by atoms with E-state index in [0.717, 1.165) is 11.1 Å². The minimum absolute atomic E-state index is 0.194. The van der Waals surface area contributed by atoms with Crippen LogP contribution in [-0.4, -0.2) is 11.9 Å². The van der Waals surface area contributed by atoms with Gasteiger partial charge < -0.3 is 11.1 Å². The summed E-state index contributed by atoms with van der Waals surface area (Å²) in [6, 6.07) is 13.2. The lowest BCUT2D eigenvalue weighted by molar-refractivity contribution is -0.123. The van der Waals surface area contributed by atoms with Gasteiger partial charge in [-0.2, -0.15) is 0 Å². The van der Waals surface area contributed by atoms with Gasteiger partial charge in [0.25, 0.3) is 0 Å². The molecule has 0 fully saturated rings. The molecule has 2 unspecified atom stereocenters. The molecule has 0 saturated carbocycles. The molecule has 2 rings (SSSR count). The molecular formula is C18H21FN2O. The third-order valence-corrected chi connectivity index (χ3v) is 3.59. The maximum atomic E-state index is 13.6. The first-order valence-corrected chi connectivity index (χ1v) is 7.33. The van der Waals surface area contributed by atoms with Crippen molar-refractivity contribution in [1.82, 2.24) is 5.32 Å². The molecule has 22 heavy (non-hydrogen) atoms. The zero-order valence-electron chi connectivity index (χ0n) is 12.8. The molecule has 0 radical (unpaired) electrons. The van der Waals surface area contributed by atoms with Crippen molar-refractivity contribution in [2.24, 2.45) is 5.73 Å². The van der Waals surface area contributed by atoms with Gasteiger partial charge in [-0.05, 0) is 37.5 Å². The molecular weight excluding hydrogens is 279 g/mol. The van der Waals surface area contributed by atoms with E-state index in [0.29, 0.717) is 12.0 Å². The molecule has 2 aromatic carbocycles. The van der Waals surface area contributed by atoms with Crippen molar-refractivity contribution in [3.8, 4) is 0 Å². The number of carbonyl (C=O) groups excluding carboxylic acids is 1. The van der Waals surface area contributed by atoms with Crippen LogP contribution in [0.25, 0.3) is 0 Å². The first kappa shape index (κ1) is 16.2. The second-order valence-corrected chi connectivity index (χ2v) is 5.59. The van der Waals surface area contributed by atoms with E-state index in [1.165, 1.54) is 6.07 Å². The second-order valence-electron chi connectivity index (χ2n) is 5.59. The Morgan fingerprint density at radius 3 is 2.45 bits per heavy atom. The summed E-state index contributed by atoms with van der Waals surface area (Å²) in [6.07, 6.45) is 0.430. The molecule has 3 nitrogen and oxygen atoms in total. The third kappa shape index (κ3) is 4.15. The van der Waals surface area contributed by atoms with Crippen molar-refractivity contribution in [1.29, 1.82) is 0 Å². The van der Waals surface area contributed by atoms with E-state index in [2.05, 4.69) is 5.32 Å². The van der Waals surface area contributed by atoms with Crippen LogP contribution in [-0.2, 0) is 11.2 Å². The molecule has 0 aromatic heterocycles. The van der Waals surface area contributed by atoms with Gasteiger partial charge in [-0.1, -0.05) is 48.0 Å². The van der Waals surface area contributed by atoms with Gasteiger partial charge in [0.15, 0.2) is 0 Å². The smallest absolute Gasteiger partial charge is 0.241 e. The van der Waals surface area contributed by atoms with E-state index in [9.17, 15) is 9.18 Å². The minimum atomic E-state index is -0.719. The van der Waals surface area contributed by atoms with Crippen LogP contribution in [0.3, 0.4) is 0 Å². The SMILES string of the molecule is Cc1ccc(C(N)C(=O)NC(C)Cc2ccccc2F)cc1. The monoisotopic (exact) mass is 300 g/mol. The molecule has 2 aromatic rings. The van der Waals surface area contributed by atoms with E-state index in [4.69, 9.17) is 5.73 Å². The molecule has 0 saturated heterocycles. The summed E-state index contributed by atoms with van der Waals surface area (Å²) >= 11 is 0. The Balaban J connectivity index is 1.96. The highest BCUT2D eigenvalue weighted by Crippen LogP contribution is 2.13. The number of carbonyl (C=O) groups is 1. The zero-order chi connectivity index (χ0) is 16.1. The minimum Gasteiger partial charge on any atom is -0.352 e. The fraction of sp³-hybridized carbons (Fsp3) is 0.278. The summed E-state index contributed by atoms with van der Waals surface area (Å²) in [7, 11) is 0. The maximum Gasteiger partial charge on any atom is 0.241 e. The summed E-state index contributed by atoms with van der Waals surface area (Å²) in [4.78, 5) is 12.2. The number of halogens is 1. The van der Waals surface area contributed by atoms with Crippen LogP contribution in [0.2, 0.25) is 0 Å². The van der Waals surface area contributed by atoms with Gasteiger partial charge >= 0.3 is 0 Å². The lowest BCUT2D eigenvalue weighted by Crippen LogP contribution is -2.40. The Bertz CT molecular complexity index is 640. The van der Waals surface area contributed by atoms with Crippen molar-refractivity contribution >= 4 is 5.91 Å². The molecule has 3 N–H and O–H groups in total. The van der Waals surface area contributed by atoms with Crippen LogP contribution in [0, 0.1) is 12.7 Å². The number of rotatable bonds is 5. The molecule has 2 atom stereocenters. The Hall–Kier alpha value is -2.20. The van der Waals surface area contributed by atoms with Crippen molar-refractivity contribution in [3.63, 3.8) is 0 Å². The second kappa shape index (κ2) is 7.18. The molecule has 0 heterocycles. The Kier molecular flexibility index (Phi) is 5.28. The number of nitrogens with two attached hydrogens (primary N) is 1. The van der Waals surface area contributed by atoms with Crippen LogP contribution in [0.4, 0.5) is 4.39 Å². The molecule has 0 aliphatic carbocycles. The van der Waals surface area contributed by atoms with Crippen molar-refractivity contribution in [2.45, 2.75) is 32.4 Å². The Morgan fingerprint density at radius 2 is 1.82 bits per heavy atom. The van der Waals surface area contributed by atoms with E-state index >= 15 is 0 Å². The predicted octanol–water partition coefficient (Wildman–Crippen LogP) is 2.88. The van der Waals surface area contributed by atoms with E-state index < -0.39 is 6.04 Å². The van der Waals surface area contributed by atoms with Gasteiger partial charge in [-0.25, -0.2) is 4.39 Å². The van der Waals surface area contributed by atoms with E-state index in [-0.39, 0.29) is 17.8 Å². The van der Waals surface area contributed by atoms with Crippen LogP contribution in [0.15, 0.2) is 48.5 Å². The highest BCUT2D eigenvalue weighted by molar-refractivity contribution is 5.83. The number of amides is 1. The molecule has 0 aliphatic heterocycles. The summed E-state index contributed by atoms with van der Waals surface area (Å²) < 4.78 is 13.6. The number of hydrogen-bond acceptors (Lipinski definition) is 2. The van der Waals surface area contributed by atoms with E-state index in [1.54, 1.807) is 18.2 Å². The summed E-state index contributed by atoms with van der Waals surface area (Å²) in [5.74, 6) is -0.515. The van der Waals surface area contributed by atoms with Crippen molar-refractivity contribution in [3.05, 3.63) is 71.0 Å². The fourth-order valence-corrected chi connectivity index (χ4v) is 2.30. The topological polar surface area (TPSA) is 55.1 Å². The summed E-state index contributed by atoms with van der Waals surface area (Å²) in [5, 5.41) is 2.84. The van der Waals surface area contributed by atoms with Gasteiger partial charge in [0.2, 0.25) is 5.91 Å². The molecule has 116 valence electrons. The molecule has 0 spiro atoms. The average molecular weight is 300 g/mol.